The first-order valence-electron chi connectivity index (χ1n) is 5.06. The zero-order valence-electron chi connectivity index (χ0n) is 11.0. The highest BCUT2D eigenvalue weighted by Gasteiger charge is 2.23. The maximum absolute atomic E-state index is 11.2. The minimum absolute atomic E-state index is 0.284. The standard InChI is InChI=1S/C6H14O11S4/c1-15-21(13,14)17-20(11,12)6-4-3-5-19(9,10)16-18(2,7)8/h3-6H2,1-2H3. The molecule has 0 atom stereocenters. The first kappa shape index (κ1) is 20.7. The van der Waals surface area contributed by atoms with Gasteiger partial charge < -0.3 is 0 Å². The van der Waals surface area contributed by atoms with Gasteiger partial charge >= 0.3 is 10.4 Å². The van der Waals surface area contributed by atoms with Crippen molar-refractivity contribution in [1.29, 1.82) is 0 Å². The van der Waals surface area contributed by atoms with Crippen LogP contribution in [-0.4, -0.2) is 58.5 Å². The number of rotatable bonds is 10. The fourth-order valence-corrected chi connectivity index (χ4v) is 5.37. The molecule has 0 amide bonds. The average molecular weight is 390 g/mol. The summed E-state index contributed by atoms with van der Waals surface area (Å²) >= 11 is 0. The second kappa shape index (κ2) is 7.30. The van der Waals surface area contributed by atoms with Crippen molar-refractivity contribution in [2.45, 2.75) is 12.8 Å². The Morgan fingerprint density at radius 2 is 1.10 bits per heavy atom. The summed E-state index contributed by atoms with van der Waals surface area (Å²) in [6.45, 7) is 0. The van der Waals surface area contributed by atoms with E-state index in [1.54, 1.807) is 0 Å². The molecule has 0 aromatic rings. The molecule has 128 valence electrons. The molecule has 0 spiro atoms. The van der Waals surface area contributed by atoms with Crippen LogP contribution in [0.1, 0.15) is 12.8 Å². The van der Waals surface area contributed by atoms with Crippen LogP contribution in [0.15, 0.2) is 0 Å². The molecule has 0 N–H and O–H groups in total. The van der Waals surface area contributed by atoms with Crippen molar-refractivity contribution in [3.8, 4) is 0 Å². The van der Waals surface area contributed by atoms with E-state index in [1.165, 1.54) is 0 Å². The highest BCUT2D eigenvalue weighted by molar-refractivity contribution is 7.99. The molecule has 11 nitrogen and oxygen atoms in total. The Balaban J connectivity index is 4.40. The molecule has 0 radical (unpaired) electrons. The van der Waals surface area contributed by atoms with E-state index in [0.29, 0.717) is 13.4 Å². The molecule has 0 bridgehead atoms. The Morgan fingerprint density at radius 3 is 1.43 bits per heavy atom. The van der Waals surface area contributed by atoms with Crippen molar-refractivity contribution in [2.75, 3.05) is 24.9 Å². The summed E-state index contributed by atoms with van der Waals surface area (Å²) in [5.41, 5.74) is 0. The van der Waals surface area contributed by atoms with Crippen LogP contribution in [0.4, 0.5) is 0 Å². The summed E-state index contributed by atoms with van der Waals surface area (Å²) in [5.74, 6) is -1.56. The van der Waals surface area contributed by atoms with Crippen LogP contribution in [0.25, 0.3) is 0 Å². The third-order valence-corrected chi connectivity index (χ3v) is 6.96. The maximum Gasteiger partial charge on any atom is 0.414 e. The minimum Gasteiger partial charge on any atom is -0.251 e. The van der Waals surface area contributed by atoms with Crippen LogP contribution in [0, 0.1) is 0 Å². The van der Waals surface area contributed by atoms with Crippen molar-refractivity contribution in [2.24, 2.45) is 0 Å². The van der Waals surface area contributed by atoms with Crippen LogP contribution in [0.2, 0.25) is 0 Å². The van der Waals surface area contributed by atoms with Gasteiger partial charge in [-0.05, 0) is 12.8 Å². The largest absolute Gasteiger partial charge is 0.414 e. The lowest BCUT2D eigenvalue weighted by atomic mass is 10.4. The molecule has 0 aromatic carbocycles. The second-order valence-electron chi connectivity index (χ2n) is 3.65. The Labute approximate surface area is 123 Å². The molecule has 0 saturated heterocycles. The number of hydrogen-bond donors (Lipinski definition) is 0. The van der Waals surface area contributed by atoms with Gasteiger partial charge in [0.25, 0.3) is 30.4 Å². The SMILES string of the molecule is COS(=O)(=O)OS(=O)(=O)CCCCS(=O)(=O)OS(C)(=O)=O. The van der Waals surface area contributed by atoms with Gasteiger partial charge in [-0.15, -0.1) is 7.26 Å². The Morgan fingerprint density at radius 1 is 0.714 bits per heavy atom. The molecule has 0 fully saturated rings. The van der Waals surface area contributed by atoms with Crippen molar-refractivity contribution >= 4 is 40.8 Å². The van der Waals surface area contributed by atoms with Crippen molar-refractivity contribution in [3.63, 3.8) is 0 Å². The van der Waals surface area contributed by atoms with Gasteiger partial charge in [0.05, 0.1) is 24.9 Å². The van der Waals surface area contributed by atoms with Crippen LogP contribution in [-0.2, 0) is 52.2 Å². The number of unbranched alkanes of at least 4 members (excludes halogenated alkanes) is 1. The lowest BCUT2D eigenvalue weighted by molar-refractivity contribution is 0.330. The predicted molar refractivity (Wildman–Crippen MR) is 69.8 cm³/mol. The summed E-state index contributed by atoms with van der Waals surface area (Å²) < 4.78 is 98.8. The molecule has 0 aromatic heterocycles. The molecule has 0 aliphatic heterocycles. The molecule has 0 rings (SSSR count). The zero-order chi connectivity index (χ0) is 16.9. The minimum atomic E-state index is -4.68. The van der Waals surface area contributed by atoms with Gasteiger partial charge in [0.1, 0.15) is 0 Å². The zero-order valence-corrected chi connectivity index (χ0v) is 14.2. The summed E-state index contributed by atoms with van der Waals surface area (Å²) in [5, 5.41) is 0. The molecule has 0 heterocycles. The van der Waals surface area contributed by atoms with Crippen LogP contribution in [0.3, 0.4) is 0 Å². The summed E-state index contributed by atoms with van der Waals surface area (Å²) in [6.07, 6.45) is -0.0418. The van der Waals surface area contributed by atoms with Crippen LogP contribution >= 0.6 is 0 Å². The normalized spacial score (nSPS) is 14.2. The van der Waals surface area contributed by atoms with E-state index in [4.69, 9.17) is 0 Å². The highest BCUT2D eigenvalue weighted by atomic mass is 32.3. The fraction of sp³-hybridized carbons (Fsp3) is 1.00. The first-order valence-corrected chi connectivity index (χ1v) is 11.4. The van der Waals surface area contributed by atoms with Crippen molar-refractivity contribution < 1.29 is 45.1 Å². The molecule has 0 aliphatic rings. The molecular weight excluding hydrogens is 376 g/mol. The Hall–Kier alpha value is -0.320. The molecule has 0 aliphatic carbocycles. The van der Waals surface area contributed by atoms with Crippen molar-refractivity contribution in [3.05, 3.63) is 0 Å². The third-order valence-electron chi connectivity index (χ3n) is 1.66. The smallest absolute Gasteiger partial charge is 0.251 e. The molecule has 21 heavy (non-hydrogen) atoms. The van der Waals surface area contributed by atoms with Gasteiger partial charge in [-0.3, -0.25) is 4.18 Å². The van der Waals surface area contributed by atoms with E-state index in [0.717, 1.165) is 0 Å². The topological polar surface area (TPSA) is 164 Å². The quantitative estimate of drug-likeness (QED) is 0.391. The lowest BCUT2D eigenvalue weighted by Gasteiger charge is -2.05. The number of hydrogen-bond acceptors (Lipinski definition) is 11. The fourth-order valence-electron chi connectivity index (χ4n) is 0.969. The van der Waals surface area contributed by atoms with E-state index in [9.17, 15) is 33.7 Å². The van der Waals surface area contributed by atoms with E-state index in [-0.39, 0.29) is 12.8 Å². The van der Waals surface area contributed by atoms with Crippen LogP contribution < -0.4 is 0 Å². The van der Waals surface area contributed by atoms with Crippen LogP contribution in [0.5, 0.6) is 0 Å². The average Bonchev–Trinajstić information content (AvgIpc) is 2.20. The van der Waals surface area contributed by atoms with E-state index in [2.05, 4.69) is 11.4 Å². The maximum atomic E-state index is 11.2. The van der Waals surface area contributed by atoms with Crippen molar-refractivity contribution in [1.82, 2.24) is 0 Å². The van der Waals surface area contributed by atoms with Gasteiger partial charge in [0.2, 0.25) is 0 Å². The lowest BCUT2D eigenvalue weighted by Crippen LogP contribution is -2.19. The predicted octanol–water partition coefficient (Wildman–Crippen LogP) is -1.69. The highest BCUT2D eigenvalue weighted by Crippen LogP contribution is 2.08. The summed E-state index contributed by atoms with van der Waals surface area (Å²) in [7, 11) is -17.0. The van der Waals surface area contributed by atoms with Gasteiger partial charge in [0, 0.05) is 0 Å². The molecule has 0 unspecified atom stereocenters. The molecular formula is C6H14O11S4. The van der Waals surface area contributed by atoms with Gasteiger partial charge in [0.15, 0.2) is 0 Å². The second-order valence-corrected chi connectivity index (χ2v) is 10.3. The van der Waals surface area contributed by atoms with E-state index < -0.39 is 52.3 Å². The monoisotopic (exact) mass is 390 g/mol. The van der Waals surface area contributed by atoms with Gasteiger partial charge in [-0.25, -0.2) is 0 Å². The van der Waals surface area contributed by atoms with Gasteiger partial charge in [-0.1, -0.05) is 0 Å². The Kier molecular flexibility index (Phi) is 7.18. The first-order chi connectivity index (χ1) is 9.18. The van der Waals surface area contributed by atoms with E-state index in [1.807, 2.05) is 0 Å². The third kappa shape index (κ3) is 11.0. The molecule has 0 saturated carbocycles. The summed E-state index contributed by atoms with van der Waals surface area (Å²) in [6, 6.07) is 0. The Bertz CT molecular complexity index is 740. The molecule has 15 heteroatoms. The summed E-state index contributed by atoms with van der Waals surface area (Å²) in [4.78, 5) is 0. The van der Waals surface area contributed by atoms with E-state index >= 15 is 0 Å². The van der Waals surface area contributed by atoms with Gasteiger partial charge in [-0.2, -0.15) is 33.7 Å².